The molecule has 0 saturated carbocycles. The highest BCUT2D eigenvalue weighted by atomic mass is 16.3. The van der Waals surface area contributed by atoms with Gasteiger partial charge in [0.15, 0.2) is 0 Å². The van der Waals surface area contributed by atoms with Gasteiger partial charge in [0.1, 0.15) is 5.75 Å². The first kappa shape index (κ1) is 6.54. The smallest absolute Gasteiger partial charge is 0.140 e. The van der Waals surface area contributed by atoms with Crippen LogP contribution in [0.25, 0.3) is 0 Å². The molecule has 4 heteroatoms. The van der Waals surface area contributed by atoms with Gasteiger partial charge in [-0.05, 0) is 12.1 Å². The van der Waals surface area contributed by atoms with Gasteiger partial charge in [-0.3, -0.25) is 0 Å². The highest BCUT2D eigenvalue weighted by molar-refractivity contribution is 5.81. The van der Waals surface area contributed by atoms with Gasteiger partial charge in [-0.15, -0.1) is 0 Å². The second-order valence-electron chi connectivity index (χ2n) is 2.00. The van der Waals surface area contributed by atoms with E-state index in [0.717, 1.165) is 0 Å². The maximum atomic E-state index is 8.96. The number of nitrogens with two attached hydrogens (primary N) is 3. The molecule has 0 radical (unpaired) electrons. The van der Waals surface area contributed by atoms with E-state index in [0.29, 0.717) is 5.69 Å². The molecule has 0 spiro atoms. The number of rotatable bonds is 0. The molecular formula is C6H9N3O. The average molecular weight is 139 g/mol. The molecule has 4 nitrogen and oxygen atoms in total. The summed E-state index contributed by atoms with van der Waals surface area (Å²) >= 11 is 0. The number of phenolic OH excluding ortho intramolecular Hbond substituents is 1. The summed E-state index contributed by atoms with van der Waals surface area (Å²) in [5.74, 6) is -0.0355. The Morgan fingerprint density at radius 2 is 1.60 bits per heavy atom. The first-order chi connectivity index (χ1) is 4.63. The van der Waals surface area contributed by atoms with Gasteiger partial charge in [0.2, 0.25) is 0 Å². The minimum absolute atomic E-state index is 0.0355. The first-order valence-electron chi connectivity index (χ1n) is 2.75. The van der Waals surface area contributed by atoms with Crippen LogP contribution in [0.15, 0.2) is 12.1 Å². The van der Waals surface area contributed by atoms with Crippen LogP contribution in [-0.2, 0) is 0 Å². The van der Waals surface area contributed by atoms with E-state index in [2.05, 4.69) is 0 Å². The number of anilines is 3. The van der Waals surface area contributed by atoms with Crippen LogP contribution in [0.1, 0.15) is 0 Å². The molecule has 0 aromatic heterocycles. The zero-order valence-electron chi connectivity index (χ0n) is 5.33. The molecule has 0 unspecified atom stereocenters. The highest BCUT2D eigenvalue weighted by Crippen LogP contribution is 2.30. The van der Waals surface area contributed by atoms with Crippen LogP contribution in [0.5, 0.6) is 5.75 Å². The molecule has 0 aliphatic heterocycles. The molecule has 0 bridgehead atoms. The molecule has 0 atom stereocenters. The number of hydrogen-bond acceptors (Lipinski definition) is 4. The minimum Gasteiger partial charge on any atom is -0.506 e. The van der Waals surface area contributed by atoms with Gasteiger partial charge >= 0.3 is 0 Å². The molecule has 1 aromatic rings. The lowest BCUT2D eigenvalue weighted by molar-refractivity contribution is 0.478. The lowest BCUT2D eigenvalue weighted by Gasteiger charge is -2.04. The number of aromatic hydroxyl groups is 1. The monoisotopic (exact) mass is 139 g/mol. The Hall–Kier alpha value is -1.58. The summed E-state index contributed by atoms with van der Waals surface area (Å²) in [5, 5.41) is 8.96. The van der Waals surface area contributed by atoms with Gasteiger partial charge in [0.25, 0.3) is 0 Å². The van der Waals surface area contributed by atoms with Gasteiger partial charge in [-0.2, -0.15) is 0 Å². The fraction of sp³-hybridized carbons (Fsp3) is 0. The minimum atomic E-state index is -0.0355. The molecule has 0 aliphatic rings. The lowest BCUT2D eigenvalue weighted by Crippen LogP contribution is -1.99. The topological polar surface area (TPSA) is 98.3 Å². The van der Waals surface area contributed by atoms with Gasteiger partial charge in [-0.1, -0.05) is 0 Å². The van der Waals surface area contributed by atoms with Gasteiger partial charge in [0, 0.05) is 0 Å². The largest absolute Gasteiger partial charge is 0.506 e. The molecule has 0 amide bonds. The van der Waals surface area contributed by atoms with E-state index in [9.17, 15) is 0 Å². The molecule has 0 fully saturated rings. The van der Waals surface area contributed by atoms with Crippen molar-refractivity contribution in [3.05, 3.63) is 12.1 Å². The molecular weight excluding hydrogens is 130 g/mol. The quantitative estimate of drug-likeness (QED) is 0.233. The SMILES string of the molecule is Nc1ccc(O)c(N)c1N. The Labute approximate surface area is 58.2 Å². The van der Waals surface area contributed by atoms with E-state index >= 15 is 0 Å². The summed E-state index contributed by atoms with van der Waals surface area (Å²) in [6, 6.07) is 2.90. The van der Waals surface area contributed by atoms with Crippen molar-refractivity contribution in [2.75, 3.05) is 17.2 Å². The van der Waals surface area contributed by atoms with E-state index in [4.69, 9.17) is 22.3 Å². The van der Waals surface area contributed by atoms with Crippen molar-refractivity contribution >= 4 is 17.1 Å². The third-order valence-corrected chi connectivity index (χ3v) is 1.30. The van der Waals surface area contributed by atoms with Crippen LogP contribution < -0.4 is 17.2 Å². The molecule has 0 heterocycles. The van der Waals surface area contributed by atoms with Gasteiger partial charge < -0.3 is 22.3 Å². The Bertz CT molecular complexity index is 232. The van der Waals surface area contributed by atoms with Crippen molar-refractivity contribution in [2.45, 2.75) is 0 Å². The van der Waals surface area contributed by atoms with E-state index in [1.807, 2.05) is 0 Å². The van der Waals surface area contributed by atoms with Crippen molar-refractivity contribution < 1.29 is 5.11 Å². The van der Waals surface area contributed by atoms with Gasteiger partial charge in [-0.25, -0.2) is 0 Å². The Morgan fingerprint density at radius 3 is 2.10 bits per heavy atom. The van der Waals surface area contributed by atoms with Crippen LogP contribution in [0, 0.1) is 0 Å². The van der Waals surface area contributed by atoms with E-state index in [-0.39, 0.29) is 17.1 Å². The summed E-state index contributed by atoms with van der Waals surface area (Å²) in [4.78, 5) is 0. The molecule has 1 aromatic carbocycles. The molecule has 0 saturated heterocycles. The second kappa shape index (κ2) is 1.98. The molecule has 0 aliphatic carbocycles. The van der Waals surface area contributed by atoms with Crippen molar-refractivity contribution in [1.82, 2.24) is 0 Å². The van der Waals surface area contributed by atoms with E-state index < -0.39 is 0 Å². The fourth-order valence-electron chi connectivity index (χ4n) is 0.642. The van der Waals surface area contributed by atoms with Crippen molar-refractivity contribution in [3.63, 3.8) is 0 Å². The first-order valence-corrected chi connectivity index (χ1v) is 2.75. The Morgan fingerprint density at radius 1 is 1.00 bits per heavy atom. The standard InChI is InChI=1S/C6H9N3O/c7-3-1-2-4(10)6(9)5(3)8/h1-2,10H,7-9H2. The number of phenols is 1. The highest BCUT2D eigenvalue weighted by Gasteiger charge is 2.02. The third kappa shape index (κ3) is 0.793. The zero-order valence-corrected chi connectivity index (χ0v) is 5.33. The van der Waals surface area contributed by atoms with Crippen LogP contribution in [0.3, 0.4) is 0 Å². The van der Waals surface area contributed by atoms with E-state index in [1.54, 1.807) is 0 Å². The number of benzene rings is 1. The van der Waals surface area contributed by atoms with Crippen LogP contribution in [-0.4, -0.2) is 5.11 Å². The predicted molar refractivity (Wildman–Crippen MR) is 41.3 cm³/mol. The van der Waals surface area contributed by atoms with Crippen molar-refractivity contribution in [2.24, 2.45) is 0 Å². The zero-order chi connectivity index (χ0) is 7.72. The normalized spacial score (nSPS) is 9.60. The molecule has 1 rings (SSSR count). The van der Waals surface area contributed by atoms with Crippen LogP contribution >= 0.6 is 0 Å². The maximum Gasteiger partial charge on any atom is 0.140 e. The molecule has 7 N–H and O–H groups in total. The third-order valence-electron chi connectivity index (χ3n) is 1.30. The Kier molecular flexibility index (Phi) is 1.30. The van der Waals surface area contributed by atoms with Gasteiger partial charge in [0.05, 0.1) is 17.1 Å². The van der Waals surface area contributed by atoms with Crippen LogP contribution in [0.2, 0.25) is 0 Å². The number of hydrogen-bond donors (Lipinski definition) is 4. The summed E-state index contributed by atoms with van der Waals surface area (Å²) in [7, 11) is 0. The summed E-state index contributed by atoms with van der Waals surface area (Å²) in [6.07, 6.45) is 0. The summed E-state index contributed by atoms with van der Waals surface area (Å²) < 4.78 is 0. The summed E-state index contributed by atoms with van der Waals surface area (Å²) in [6.45, 7) is 0. The molecule has 10 heavy (non-hydrogen) atoms. The average Bonchev–Trinajstić information content (AvgIpc) is 1.93. The second-order valence-corrected chi connectivity index (χ2v) is 2.00. The maximum absolute atomic E-state index is 8.96. The Balaban J connectivity index is 3.34. The number of nitrogen functional groups attached to an aromatic ring is 3. The van der Waals surface area contributed by atoms with E-state index in [1.165, 1.54) is 12.1 Å². The molecule has 54 valence electrons. The van der Waals surface area contributed by atoms with Crippen LogP contribution in [0.4, 0.5) is 17.1 Å². The predicted octanol–water partition coefficient (Wildman–Crippen LogP) is 0.139. The fourth-order valence-corrected chi connectivity index (χ4v) is 0.642. The summed E-state index contributed by atoms with van der Waals surface area (Å²) in [5.41, 5.74) is 16.8. The van der Waals surface area contributed by atoms with Crippen molar-refractivity contribution in [3.8, 4) is 5.75 Å². The van der Waals surface area contributed by atoms with Crippen molar-refractivity contribution in [1.29, 1.82) is 0 Å². The lowest BCUT2D eigenvalue weighted by atomic mass is 10.2.